The van der Waals surface area contributed by atoms with Crippen LogP contribution in [0.25, 0.3) is 0 Å². The summed E-state index contributed by atoms with van der Waals surface area (Å²) in [5, 5.41) is 11.8. The minimum atomic E-state index is 0.0493. The quantitative estimate of drug-likeness (QED) is 0.567. The first kappa shape index (κ1) is 7.77. The molecular weight excluding hydrogens is 150 g/mol. The summed E-state index contributed by atoms with van der Waals surface area (Å²) in [4.78, 5) is 0. The minimum Gasteiger partial charge on any atom is -0.629 e. The molecule has 1 atom stereocenters. The van der Waals surface area contributed by atoms with Gasteiger partial charge in [0.05, 0.1) is 6.54 Å². The molecule has 2 heteroatoms. The van der Waals surface area contributed by atoms with Crippen molar-refractivity contribution in [2.24, 2.45) is 0 Å². The summed E-state index contributed by atoms with van der Waals surface area (Å²) in [6, 6.07) is 7.91. The van der Waals surface area contributed by atoms with E-state index in [1.54, 1.807) is 0 Å². The summed E-state index contributed by atoms with van der Waals surface area (Å²) in [6.45, 7) is 4.90. The highest BCUT2D eigenvalue weighted by Crippen LogP contribution is 2.30. The molecule has 1 heterocycles. The lowest BCUT2D eigenvalue weighted by Gasteiger charge is -2.18. The lowest BCUT2D eigenvalue weighted by Crippen LogP contribution is -3.01. The van der Waals surface area contributed by atoms with Crippen molar-refractivity contribution in [2.75, 3.05) is 6.54 Å². The van der Waals surface area contributed by atoms with Crippen molar-refractivity contribution in [1.82, 2.24) is 0 Å². The van der Waals surface area contributed by atoms with Crippen molar-refractivity contribution in [3.63, 3.8) is 0 Å². The molecule has 0 saturated heterocycles. The number of rotatable bonds is 0. The first-order valence-electron chi connectivity index (χ1n) is 4.24. The Morgan fingerprint density at radius 2 is 2.00 bits per heavy atom. The molecule has 1 aromatic carbocycles. The molecule has 1 aliphatic rings. The highest BCUT2D eigenvalue weighted by atomic mass is 16.5. The Balaban J connectivity index is 2.58. The fourth-order valence-corrected chi connectivity index (χ4v) is 1.91. The fourth-order valence-electron chi connectivity index (χ4n) is 1.91. The van der Waals surface area contributed by atoms with Crippen LogP contribution in [0.1, 0.15) is 19.4 Å². The first-order valence-corrected chi connectivity index (χ1v) is 4.24. The summed E-state index contributed by atoms with van der Waals surface area (Å²) in [6.07, 6.45) is 0. The molecule has 1 aliphatic heterocycles. The van der Waals surface area contributed by atoms with Gasteiger partial charge < -0.3 is 10.3 Å². The Labute approximate surface area is 72.4 Å². The number of hydrogen-bond acceptors (Lipinski definition) is 1. The number of hydrogen-bond donors (Lipinski definition) is 1. The largest absolute Gasteiger partial charge is 0.629 e. The Morgan fingerprint density at radius 1 is 1.33 bits per heavy atom. The Bertz CT molecular complexity index is 306. The van der Waals surface area contributed by atoms with E-state index in [1.165, 1.54) is 5.56 Å². The zero-order valence-electron chi connectivity index (χ0n) is 7.42. The molecule has 0 bridgehead atoms. The molecule has 12 heavy (non-hydrogen) atoms. The predicted molar refractivity (Wildman–Crippen MR) is 48.3 cm³/mol. The molecule has 0 spiro atoms. The topological polar surface area (TPSA) is 27.5 Å². The van der Waals surface area contributed by atoms with Crippen molar-refractivity contribution in [2.45, 2.75) is 19.3 Å². The maximum absolute atomic E-state index is 11.5. The number of fused-ring (bicyclic) bond motifs is 1. The second kappa shape index (κ2) is 2.31. The predicted octanol–water partition coefficient (Wildman–Crippen LogP) is 0.992. The van der Waals surface area contributed by atoms with Crippen molar-refractivity contribution < 1.29 is 5.06 Å². The van der Waals surface area contributed by atoms with Crippen LogP contribution in [-0.2, 0) is 5.41 Å². The lowest BCUT2D eigenvalue weighted by molar-refractivity contribution is -0.773. The van der Waals surface area contributed by atoms with Crippen LogP contribution in [0.15, 0.2) is 24.3 Å². The minimum absolute atomic E-state index is 0.0493. The van der Waals surface area contributed by atoms with Crippen molar-refractivity contribution in [3.05, 3.63) is 35.0 Å². The van der Waals surface area contributed by atoms with E-state index < -0.39 is 0 Å². The number of para-hydroxylation sites is 1. The lowest BCUT2D eigenvalue weighted by atomic mass is 9.87. The standard InChI is InChI=1S/C10H13NO/c1-10(2)7-11(12)9-6-4-3-5-8(9)10/h3-6,11H,7H2,1-2H3. The summed E-state index contributed by atoms with van der Waals surface area (Å²) < 4.78 is 0. The molecule has 0 amide bonds. The molecule has 2 rings (SSSR count). The van der Waals surface area contributed by atoms with E-state index in [1.807, 2.05) is 18.2 Å². The first-order chi connectivity index (χ1) is 5.61. The van der Waals surface area contributed by atoms with E-state index in [4.69, 9.17) is 0 Å². The van der Waals surface area contributed by atoms with E-state index in [0.717, 1.165) is 5.69 Å². The van der Waals surface area contributed by atoms with Crippen LogP contribution in [0.5, 0.6) is 0 Å². The van der Waals surface area contributed by atoms with Gasteiger partial charge in [-0.15, -0.1) is 0 Å². The van der Waals surface area contributed by atoms with Gasteiger partial charge in [-0.25, -0.2) is 0 Å². The van der Waals surface area contributed by atoms with Crippen molar-refractivity contribution in [3.8, 4) is 0 Å². The molecular formula is C10H13NO. The van der Waals surface area contributed by atoms with Gasteiger partial charge in [0, 0.05) is 11.0 Å². The van der Waals surface area contributed by atoms with Gasteiger partial charge in [-0.2, -0.15) is 0 Å². The zero-order chi connectivity index (χ0) is 8.77. The molecule has 1 aromatic rings. The van der Waals surface area contributed by atoms with Crippen LogP contribution in [-0.4, -0.2) is 6.54 Å². The van der Waals surface area contributed by atoms with Gasteiger partial charge >= 0.3 is 0 Å². The van der Waals surface area contributed by atoms with Crippen LogP contribution in [0.4, 0.5) is 5.69 Å². The van der Waals surface area contributed by atoms with Gasteiger partial charge in [-0.05, 0) is 6.07 Å². The van der Waals surface area contributed by atoms with Crippen molar-refractivity contribution >= 4 is 5.69 Å². The van der Waals surface area contributed by atoms with Crippen LogP contribution in [0.2, 0.25) is 0 Å². The number of benzene rings is 1. The summed E-state index contributed by atoms with van der Waals surface area (Å²) in [5.74, 6) is 0. The van der Waals surface area contributed by atoms with Gasteiger partial charge in [0.15, 0.2) is 0 Å². The summed E-state index contributed by atoms with van der Waals surface area (Å²) >= 11 is 0. The van der Waals surface area contributed by atoms with E-state index in [0.29, 0.717) is 6.54 Å². The van der Waals surface area contributed by atoms with Crippen LogP contribution >= 0.6 is 0 Å². The highest BCUT2D eigenvalue weighted by molar-refractivity contribution is 5.47. The normalized spacial score (nSPS) is 25.4. The van der Waals surface area contributed by atoms with Gasteiger partial charge in [0.1, 0.15) is 5.69 Å². The smallest absolute Gasteiger partial charge is 0.135 e. The van der Waals surface area contributed by atoms with E-state index in [2.05, 4.69) is 19.9 Å². The maximum atomic E-state index is 11.5. The Kier molecular flexibility index (Phi) is 1.50. The number of hydroxylamine groups is 1. The molecule has 0 aliphatic carbocycles. The molecule has 0 fully saturated rings. The van der Waals surface area contributed by atoms with Gasteiger partial charge in [0.25, 0.3) is 0 Å². The van der Waals surface area contributed by atoms with E-state index >= 15 is 0 Å². The summed E-state index contributed by atoms with van der Waals surface area (Å²) in [7, 11) is 0. The van der Waals surface area contributed by atoms with Crippen LogP contribution < -0.4 is 5.06 Å². The molecule has 1 N–H and O–H groups in total. The molecule has 0 saturated carbocycles. The highest BCUT2D eigenvalue weighted by Gasteiger charge is 2.35. The average Bonchev–Trinajstić information content (AvgIpc) is 2.25. The zero-order valence-corrected chi connectivity index (χ0v) is 7.42. The third-order valence-corrected chi connectivity index (χ3v) is 2.56. The Morgan fingerprint density at radius 3 is 2.67 bits per heavy atom. The van der Waals surface area contributed by atoms with E-state index in [9.17, 15) is 5.21 Å². The molecule has 0 radical (unpaired) electrons. The van der Waals surface area contributed by atoms with Gasteiger partial charge in [0.2, 0.25) is 0 Å². The average molecular weight is 163 g/mol. The Hall–Kier alpha value is -0.860. The third-order valence-electron chi connectivity index (χ3n) is 2.56. The molecule has 64 valence electrons. The third kappa shape index (κ3) is 0.958. The molecule has 1 unspecified atom stereocenters. The second-order valence-corrected chi connectivity index (χ2v) is 4.03. The summed E-state index contributed by atoms with van der Waals surface area (Å²) in [5.41, 5.74) is 2.17. The van der Waals surface area contributed by atoms with Crippen molar-refractivity contribution in [1.29, 1.82) is 0 Å². The maximum Gasteiger partial charge on any atom is 0.135 e. The molecule has 0 aromatic heterocycles. The SMILES string of the molecule is CC1(C)C[NH+]([O-])c2ccccc21. The van der Waals surface area contributed by atoms with Gasteiger partial charge in [-0.3, -0.25) is 0 Å². The van der Waals surface area contributed by atoms with Crippen LogP contribution in [0.3, 0.4) is 0 Å². The van der Waals surface area contributed by atoms with Gasteiger partial charge in [-0.1, -0.05) is 32.0 Å². The van der Waals surface area contributed by atoms with Crippen LogP contribution in [0, 0.1) is 5.21 Å². The second-order valence-electron chi connectivity index (χ2n) is 4.03. The molecule has 2 nitrogen and oxygen atoms in total. The van der Waals surface area contributed by atoms with E-state index in [-0.39, 0.29) is 10.5 Å². The number of quaternary nitrogens is 1. The fraction of sp³-hybridized carbons (Fsp3) is 0.400. The monoisotopic (exact) mass is 163 g/mol. The number of nitrogens with one attached hydrogen (secondary N) is 1.